The van der Waals surface area contributed by atoms with Crippen LogP contribution in [0.15, 0.2) is 132 Å². The van der Waals surface area contributed by atoms with Crippen LogP contribution in [0.1, 0.15) is 17.0 Å². The number of para-hydroxylation sites is 4. The molecule has 3 heterocycles. The van der Waals surface area contributed by atoms with Crippen LogP contribution in [0.5, 0.6) is 5.75 Å². The van der Waals surface area contributed by atoms with Gasteiger partial charge in [0.25, 0.3) is 0 Å². The van der Waals surface area contributed by atoms with Crippen LogP contribution in [-0.2, 0) is 0 Å². The number of benzene rings is 5. The molecule has 9 rings (SSSR count). The van der Waals surface area contributed by atoms with Crippen LogP contribution in [0.2, 0.25) is 0 Å². The molecule has 5 aromatic carbocycles. The quantitative estimate of drug-likeness (QED) is 0.236. The van der Waals surface area contributed by atoms with Crippen molar-refractivity contribution in [3.63, 3.8) is 0 Å². The zero-order valence-corrected chi connectivity index (χ0v) is 21.0. The van der Waals surface area contributed by atoms with Crippen molar-refractivity contribution in [1.82, 2.24) is 4.57 Å². The summed E-state index contributed by atoms with van der Waals surface area (Å²) in [6, 6.07) is 38.5. The van der Waals surface area contributed by atoms with Crippen molar-refractivity contribution in [2.24, 2.45) is 0 Å². The summed E-state index contributed by atoms with van der Waals surface area (Å²) in [6.45, 7) is 0. The summed E-state index contributed by atoms with van der Waals surface area (Å²) in [6.07, 6.45) is 6.75. The molecular weight excluding hydrogens is 478 g/mol. The third kappa shape index (κ3) is 2.87. The average molecular weight is 502 g/mol. The van der Waals surface area contributed by atoms with E-state index in [0.717, 1.165) is 44.5 Å². The van der Waals surface area contributed by atoms with Gasteiger partial charge in [0.05, 0.1) is 22.1 Å². The SMILES string of the molecule is C1=CC2c3ccccc3OC2C=C1c1cccc2c1oc1cccc(-n3c4ccccc4c4ccccc43)c12. The van der Waals surface area contributed by atoms with Crippen molar-refractivity contribution in [3.05, 3.63) is 139 Å². The first-order valence-corrected chi connectivity index (χ1v) is 13.4. The van der Waals surface area contributed by atoms with Gasteiger partial charge in [-0.2, -0.15) is 0 Å². The van der Waals surface area contributed by atoms with Crippen molar-refractivity contribution in [2.45, 2.75) is 12.0 Å². The number of aromatic nitrogens is 1. The molecule has 3 heteroatoms. The average Bonchev–Trinajstić information content (AvgIpc) is 3.66. The number of hydrogen-bond donors (Lipinski definition) is 0. The molecule has 0 amide bonds. The first-order valence-electron chi connectivity index (χ1n) is 13.4. The lowest BCUT2D eigenvalue weighted by Gasteiger charge is -2.18. The predicted molar refractivity (Wildman–Crippen MR) is 159 cm³/mol. The minimum absolute atomic E-state index is 0.00445. The molecule has 0 bridgehead atoms. The van der Waals surface area contributed by atoms with Crippen LogP contribution < -0.4 is 4.74 Å². The highest BCUT2D eigenvalue weighted by molar-refractivity contribution is 6.15. The second kappa shape index (κ2) is 7.75. The maximum absolute atomic E-state index is 6.64. The highest BCUT2D eigenvalue weighted by atomic mass is 16.5. The Bertz CT molecular complexity index is 2120. The van der Waals surface area contributed by atoms with Gasteiger partial charge >= 0.3 is 0 Å². The number of rotatable bonds is 2. The van der Waals surface area contributed by atoms with Crippen LogP contribution in [-0.4, -0.2) is 10.7 Å². The number of allylic oxidation sites excluding steroid dienone is 2. The van der Waals surface area contributed by atoms with Crippen LogP contribution >= 0.6 is 0 Å². The molecule has 2 aromatic heterocycles. The summed E-state index contributed by atoms with van der Waals surface area (Å²) >= 11 is 0. The van der Waals surface area contributed by atoms with Gasteiger partial charge in [-0.15, -0.1) is 0 Å². The molecule has 2 unspecified atom stereocenters. The van der Waals surface area contributed by atoms with Gasteiger partial charge < -0.3 is 13.7 Å². The minimum Gasteiger partial charge on any atom is -0.485 e. The molecule has 0 spiro atoms. The molecule has 7 aromatic rings. The largest absolute Gasteiger partial charge is 0.485 e. The molecule has 0 saturated heterocycles. The smallest absolute Gasteiger partial charge is 0.143 e. The second-order valence-electron chi connectivity index (χ2n) is 10.4. The summed E-state index contributed by atoms with van der Waals surface area (Å²) in [5.41, 5.74) is 8.79. The monoisotopic (exact) mass is 501 g/mol. The van der Waals surface area contributed by atoms with Crippen molar-refractivity contribution in [2.75, 3.05) is 0 Å². The second-order valence-corrected chi connectivity index (χ2v) is 10.4. The van der Waals surface area contributed by atoms with Crippen molar-refractivity contribution in [1.29, 1.82) is 0 Å². The molecule has 0 radical (unpaired) electrons. The molecule has 39 heavy (non-hydrogen) atoms. The molecule has 184 valence electrons. The fourth-order valence-corrected chi connectivity index (χ4v) is 6.66. The number of hydrogen-bond acceptors (Lipinski definition) is 2. The Labute approximate surface area is 224 Å². The van der Waals surface area contributed by atoms with E-state index in [0.29, 0.717) is 0 Å². The van der Waals surface area contributed by atoms with Gasteiger partial charge in [-0.05, 0) is 42.0 Å². The first kappa shape index (κ1) is 21.0. The van der Waals surface area contributed by atoms with Gasteiger partial charge in [0, 0.05) is 33.2 Å². The standard InChI is InChI=1S/C36H23NO2/c1-4-14-29-24(9-1)25-10-2-5-15-30(25)37(29)31-16-8-18-33-35(31)28-13-7-12-23(36(28)39-33)22-19-20-27-26-11-3-6-17-32(26)38-34(27)21-22/h1-21,27,34H. The highest BCUT2D eigenvalue weighted by Gasteiger charge is 2.33. The van der Waals surface area contributed by atoms with E-state index in [1.54, 1.807) is 0 Å². The zero-order valence-electron chi connectivity index (χ0n) is 21.0. The normalized spacial score (nSPS) is 18.0. The van der Waals surface area contributed by atoms with Gasteiger partial charge in [0.15, 0.2) is 0 Å². The lowest BCUT2D eigenvalue weighted by Crippen LogP contribution is -2.17. The molecule has 2 atom stereocenters. The maximum atomic E-state index is 6.64. The predicted octanol–water partition coefficient (Wildman–Crippen LogP) is 9.18. The van der Waals surface area contributed by atoms with Gasteiger partial charge in [0.1, 0.15) is 23.0 Å². The highest BCUT2D eigenvalue weighted by Crippen LogP contribution is 2.45. The van der Waals surface area contributed by atoms with Crippen LogP contribution in [0.3, 0.4) is 0 Å². The number of nitrogens with zero attached hydrogens (tertiary/aromatic N) is 1. The molecule has 1 aliphatic heterocycles. The van der Waals surface area contributed by atoms with E-state index in [-0.39, 0.29) is 12.0 Å². The van der Waals surface area contributed by atoms with E-state index in [1.807, 2.05) is 6.07 Å². The maximum Gasteiger partial charge on any atom is 0.143 e. The summed E-state index contributed by atoms with van der Waals surface area (Å²) in [7, 11) is 0. The molecule has 3 nitrogen and oxygen atoms in total. The van der Waals surface area contributed by atoms with Crippen LogP contribution in [0, 0.1) is 0 Å². The fraction of sp³-hybridized carbons (Fsp3) is 0.0556. The van der Waals surface area contributed by atoms with E-state index in [1.165, 1.54) is 27.4 Å². The molecule has 0 fully saturated rings. The summed E-state index contributed by atoms with van der Waals surface area (Å²) in [5.74, 6) is 1.23. The van der Waals surface area contributed by atoms with Gasteiger partial charge in [-0.25, -0.2) is 0 Å². The lowest BCUT2D eigenvalue weighted by molar-refractivity contribution is 0.269. The Morgan fingerprint density at radius 3 is 2.21 bits per heavy atom. The van der Waals surface area contributed by atoms with E-state index in [2.05, 4.69) is 126 Å². The Morgan fingerprint density at radius 2 is 1.36 bits per heavy atom. The number of fused-ring (bicyclic) bond motifs is 9. The third-order valence-corrected chi connectivity index (χ3v) is 8.35. The third-order valence-electron chi connectivity index (χ3n) is 8.35. The van der Waals surface area contributed by atoms with Crippen molar-refractivity contribution >= 4 is 49.3 Å². The summed E-state index contributed by atoms with van der Waals surface area (Å²) < 4.78 is 15.3. The van der Waals surface area contributed by atoms with Gasteiger partial charge in [0.2, 0.25) is 0 Å². The van der Waals surface area contributed by atoms with E-state index in [9.17, 15) is 0 Å². The van der Waals surface area contributed by atoms with E-state index in [4.69, 9.17) is 9.15 Å². The number of furan rings is 1. The molecule has 1 aliphatic carbocycles. The Kier molecular flexibility index (Phi) is 4.17. The minimum atomic E-state index is -0.00445. The fourth-order valence-electron chi connectivity index (χ4n) is 6.66. The molecule has 0 N–H and O–H groups in total. The Hall–Kier alpha value is -5.02. The van der Waals surface area contributed by atoms with E-state index >= 15 is 0 Å². The topological polar surface area (TPSA) is 27.3 Å². The molecule has 0 saturated carbocycles. The summed E-state index contributed by atoms with van der Waals surface area (Å²) in [4.78, 5) is 0. The summed E-state index contributed by atoms with van der Waals surface area (Å²) in [5, 5.41) is 4.75. The molecular formula is C36H23NO2. The van der Waals surface area contributed by atoms with Crippen LogP contribution in [0.25, 0.3) is 55.0 Å². The lowest BCUT2D eigenvalue weighted by atomic mass is 9.87. The van der Waals surface area contributed by atoms with E-state index < -0.39 is 0 Å². The number of ether oxygens (including phenoxy) is 1. The molecule has 2 aliphatic rings. The van der Waals surface area contributed by atoms with Crippen molar-refractivity contribution < 1.29 is 9.15 Å². The Morgan fingerprint density at radius 1 is 0.641 bits per heavy atom. The van der Waals surface area contributed by atoms with Gasteiger partial charge in [-0.1, -0.05) is 91.0 Å². The first-order chi connectivity index (χ1) is 19.3. The van der Waals surface area contributed by atoms with Crippen molar-refractivity contribution in [3.8, 4) is 11.4 Å². The van der Waals surface area contributed by atoms with Crippen LogP contribution in [0.4, 0.5) is 0 Å². The Balaban J connectivity index is 1.27. The zero-order chi connectivity index (χ0) is 25.5. The van der Waals surface area contributed by atoms with Gasteiger partial charge in [-0.3, -0.25) is 0 Å².